The molecule has 1 aliphatic rings. The molecule has 17 heavy (non-hydrogen) atoms. The van der Waals surface area contributed by atoms with Crippen LogP contribution in [0.4, 0.5) is 0 Å². The van der Waals surface area contributed by atoms with E-state index in [1.807, 2.05) is 0 Å². The van der Waals surface area contributed by atoms with Crippen LogP contribution in [0.15, 0.2) is 0 Å². The van der Waals surface area contributed by atoms with Crippen LogP contribution >= 0.6 is 0 Å². The van der Waals surface area contributed by atoms with Gasteiger partial charge in [-0.25, -0.2) is 0 Å². The lowest BCUT2D eigenvalue weighted by molar-refractivity contribution is -0.155. The van der Waals surface area contributed by atoms with Crippen molar-refractivity contribution < 1.29 is 14.6 Å². The number of hydrogen-bond donors (Lipinski definition) is 1. The van der Waals surface area contributed by atoms with Gasteiger partial charge in [-0.15, -0.1) is 0 Å². The molecule has 3 atom stereocenters. The van der Waals surface area contributed by atoms with Crippen molar-refractivity contribution in [2.24, 2.45) is 11.3 Å². The zero-order valence-electron chi connectivity index (χ0n) is 11.5. The smallest absolute Gasteiger partial charge is 0.308 e. The third-order valence-electron chi connectivity index (χ3n) is 4.12. The fourth-order valence-corrected chi connectivity index (χ4v) is 2.56. The molecule has 1 rings (SSSR count). The van der Waals surface area contributed by atoms with Crippen molar-refractivity contribution in [1.82, 2.24) is 0 Å². The number of aliphatic hydroxyl groups is 1. The van der Waals surface area contributed by atoms with E-state index in [1.165, 1.54) is 6.42 Å². The van der Waals surface area contributed by atoms with Gasteiger partial charge in [0, 0.05) is 0 Å². The molecule has 0 aromatic heterocycles. The quantitative estimate of drug-likeness (QED) is 0.771. The molecular formula is C14H26O3. The maximum Gasteiger partial charge on any atom is 0.308 e. The Labute approximate surface area is 105 Å². The molecule has 1 fully saturated rings. The Morgan fingerprint density at radius 1 is 1.47 bits per heavy atom. The number of carbonyl (C=O) groups excluding carboxylic acids is 1. The predicted molar refractivity (Wildman–Crippen MR) is 67.6 cm³/mol. The second kappa shape index (κ2) is 5.85. The molecule has 0 amide bonds. The first kappa shape index (κ1) is 14.5. The molecular weight excluding hydrogens is 216 g/mol. The average Bonchev–Trinajstić information content (AvgIpc) is 2.15. The largest absolute Gasteiger partial charge is 0.462 e. The first-order valence-corrected chi connectivity index (χ1v) is 6.71. The molecule has 0 radical (unpaired) electrons. The van der Waals surface area contributed by atoms with Gasteiger partial charge in [-0.2, -0.15) is 0 Å². The van der Waals surface area contributed by atoms with Gasteiger partial charge in [-0.3, -0.25) is 4.79 Å². The average molecular weight is 242 g/mol. The molecule has 0 aliphatic heterocycles. The highest BCUT2D eigenvalue weighted by atomic mass is 16.5. The van der Waals surface area contributed by atoms with Crippen LogP contribution < -0.4 is 0 Å². The maximum atomic E-state index is 11.5. The first-order valence-electron chi connectivity index (χ1n) is 6.71. The van der Waals surface area contributed by atoms with Gasteiger partial charge in [0.2, 0.25) is 0 Å². The molecule has 3 unspecified atom stereocenters. The van der Waals surface area contributed by atoms with Gasteiger partial charge >= 0.3 is 5.97 Å². The minimum absolute atomic E-state index is 0.0439. The molecule has 0 aromatic rings. The summed E-state index contributed by atoms with van der Waals surface area (Å²) in [6.07, 6.45) is 3.81. The van der Waals surface area contributed by atoms with Crippen molar-refractivity contribution in [3.8, 4) is 0 Å². The van der Waals surface area contributed by atoms with Crippen LogP contribution in [0.25, 0.3) is 0 Å². The second-order valence-electron chi connectivity index (χ2n) is 6.07. The third-order valence-corrected chi connectivity index (χ3v) is 4.12. The number of rotatable bonds is 4. The summed E-state index contributed by atoms with van der Waals surface area (Å²) in [6.45, 7) is 8.37. The van der Waals surface area contributed by atoms with Crippen LogP contribution in [0, 0.1) is 11.3 Å². The van der Waals surface area contributed by atoms with E-state index in [9.17, 15) is 4.79 Å². The molecule has 1 saturated carbocycles. The molecule has 0 spiro atoms. The van der Waals surface area contributed by atoms with E-state index < -0.39 is 6.10 Å². The Hall–Kier alpha value is -0.570. The Balaban J connectivity index is 2.47. The lowest BCUT2D eigenvalue weighted by Gasteiger charge is -2.41. The van der Waals surface area contributed by atoms with Crippen molar-refractivity contribution >= 4 is 5.97 Å². The van der Waals surface area contributed by atoms with Crippen molar-refractivity contribution in [2.75, 3.05) is 0 Å². The lowest BCUT2D eigenvalue weighted by Crippen LogP contribution is -2.35. The van der Waals surface area contributed by atoms with Crippen LogP contribution in [0.2, 0.25) is 0 Å². The van der Waals surface area contributed by atoms with Crippen molar-refractivity contribution in [1.29, 1.82) is 0 Å². The van der Waals surface area contributed by atoms with Gasteiger partial charge in [0.1, 0.15) is 6.10 Å². The second-order valence-corrected chi connectivity index (χ2v) is 6.07. The van der Waals surface area contributed by atoms with Gasteiger partial charge in [-0.05, 0) is 43.9 Å². The molecule has 0 heterocycles. The summed E-state index contributed by atoms with van der Waals surface area (Å²) in [6, 6.07) is 0. The normalized spacial score (nSPS) is 31.3. The summed E-state index contributed by atoms with van der Waals surface area (Å²) in [5.74, 6) is 0.346. The Morgan fingerprint density at radius 3 is 2.65 bits per heavy atom. The van der Waals surface area contributed by atoms with Gasteiger partial charge in [0.15, 0.2) is 0 Å². The molecule has 0 bridgehead atoms. The highest BCUT2D eigenvalue weighted by molar-refractivity contribution is 5.70. The van der Waals surface area contributed by atoms with Crippen molar-refractivity contribution in [2.45, 2.75) is 72.0 Å². The summed E-state index contributed by atoms with van der Waals surface area (Å²) in [5.41, 5.74) is 0.286. The standard InChI is InChI=1S/C14H26O3/c1-10(2)14(4)7-5-6-12(9-14)17-13(16)8-11(3)15/h10-12,15H,5-9H2,1-4H3. The monoisotopic (exact) mass is 242 g/mol. The van der Waals surface area contributed by atoms with E-state index in [-0.39, 0.29) is 23.9 Å². The fourth-order valence-electron chi connectivity index (χ4n) is 2.56. The van der Waals surface area contributed by atoms with Crippen LogP contribution in [0.5, 0.6) is 0 Å². The molecule has 3 nitrogen and oxygen atoms in total. The first-order chi connectivity index (χ1) is 7.83. The molecule has 0 aromatic carbocycles. The van der Waals surface area contributed by atoms with Gasteiger partial charge in [0.05, 0.1) is 12.5 Å². The summed E-state index contributed by atoms with van der Waals surface area (Å²) in [4.78, 5) is 11.5. The number of ether oxygens (including phenoxy) is 1. The van der Waals surface area contributed by atoms with E-state index in [4.69, 9.17) is 9.84 Å². The van der Waals surface area contributed by atoms with E-state index in [0.29, 0.717) is 5.92 Å². The summed E-state index contributed by atoms with van der Waals surface area (Å²) in [5, 5.41) is 9.14. The Bertz CT molecular complexity index is 260. The van der Waals surface area contributed by atoms with Gasteiger partial charge in [0.25, 0.3) is 0 Å². The highest BCUT2D eigenvalue weighted by Gasteiger charge is 2.36. The number of esters is 1. The fraction of sp³-hybridized carbons (Fsp3) is 0.929. The Morgan fingerprint density at radius 2 is 2.12 bits per heavy atom. The van der Waals surface area contributed by atoms with E-state index >= 15 is 0 Å². The minimum Gasteiger partial charge on any atom is -0.462 e. The molecule has 1 N–H and O–H groups in total. The van der Waals surface area contributed by atoms with Gasteiger partial charge in [-0.1, -0.05) is 20.8 Å². The SMILES string of the molecule is CC(O)CC(=O)OC1CCCC(C)(C(C)C)C1. The maximum absolute atomic E-state index is 11.5. The zero-order valence-corrected chi connectivity index (χ0v) is 11.5. The van der Waals surface area contributed by atoms with Crippen LogP contribution in [-0.4, -0.2) is 23.3 Å². The van der Waals surface area contributed by atoms with Crippen LogP contribution in [0.1, 0.15) is 59.8 Å². The van der Waals surface area contributed by atoms with E-state index in [0.717, 1.165) is 19.3 Å². The zero-order chi connectivity index (χ0) is 13.1. The minimum atomic E-state index is -0.609. The van der Waals surface area contributed by atoms with E-state index in [2.05, 4.69) is 20.8 Å². The van der Waals surface area contributed by atoms with Crippen LogP contribution in [0.3, 0.4) is 0 Å². The van der Waals surface area contributed by atoms with Crippen LogP contribution in [-0.2, 0) is 9.53 Å². The Kier molecular flexibility index (Phi) is 4.99. The third kappa shape index (κ3) is 4.30. The molecule has 1 aliphatic carbocycles. The molecule has 100 valence electrons. The topological polar surface area (TPSA) is 46.5 Å². The van der Waals surface area contributed by atoms with Crippen molar-refractivity contribution in [3.63, 3.8) is 0 Å². The molecule has 0 saturated heterocycles. The van der Waals surface area contributed by atoms with E-state index in [1.54, 1.807) is 6.92 Å². The lowest BCUT2D eigenvalue weighted by atomic mass is 9.67. The summed E-state index contributed by atoms with van der Waals surface area (Å²) >= 11 is 0. The number of aliphatic hydroxyl groups excluding tert-OH is 1. The summed E-state index contributed by atoms with van der Waals surface area (Å²) < 4.78 is 5.45. The number of hydrogen-bond acceptors (Lipinski definition) is 3. The number of carbonyl (C=O) groups is 1. The van der Waals surface area contributed by atoms with Crippen molar-refractivity contribution in [3.05, 3.63) is 0 Å². The predicted octanol–water partition coefficient (Wildman–Crippen LogP) is 2.91. The highest BCUT2D eigenvalue weighted by Crippen LogP contribution is 2.42. The molecule has 3 heteroatoms. The van der Waals surface area contributed by atoms with Gasteiger partial charge < -0.3 is 9.84 Å². The summed E-state index contributed by atoms with van der Waals surface area (Å²) in [7, 11) is 0.